The minimum absolute atomic E-state index is 0.291. The van der Waals surface area contributed by atoms with Gasteiger partial charge in [0.05, 0.1) is 5.69 Å². The third kappa shape index (κ3) is 1.34. The largest absolute Gasteiger partial charge is 0.507 e. The fourth-order valence-corrected chi connectivity index (χ4v) is 2.13. The Morgan fingerprint density at radius 2 is 2.12 bits per heavy atom. The first-order valence-electron chi connectivity index (χ1n) is 5.46. The van der Waals surface area contributed by atoms with Crippen LogP contribution in [0.5, 0.6) is 5.75 Å². The van der Waals surface area contributed by atoms with Crippen molar-refractivity contribution in [3.8, 4) is 17.0 Å². The zero-order valence-corrected chi connectivity index (χ0v) is 8.83. The predicted octanol–water partition coefficient (Wildman–Crippen LogP) is 2.14. The molecule has 0 spiro atoms. The molecule has 0 bridgehead atoms. The van der Waals surface area contributed by atoms with Crippen LogP contribution in [0.3, 0.4) is 0 Å². The first kappa shape index (κ1) is 9.27. The molecule has 16 heavy (non-hydrogen) atoms. The summed E-state index contributed by atoms with van der Waals surface area (Å²) >= 11 is 0. The van der Waals surface area contributed by atoms with Gasteiger partial charge in [0.1, 0.15) is 5.75 Å². The van der Waals surface area contributed by atoms with Gasteiger partial charge in [-0.2, -0.15) is 5.10 Å². The van der Waals surface area contributed by atoms with Gasteiger partial charge in [0.25, 0.3) is 0 Å². The van der Waals surface area contributed by atoms with Crippen LogP contribution in [0, 0.1) is 0 Å². The number of nitrogens with one attached hydrogen (secondary N) is 2. The molecule has 0 saturated heterocycles. The maximum Gasteiger partial charge on any atom is 0.151 e. The molecule has 0 atom stereocenters. The number of aromatic hydroxyl groups is 1. The van der Waals surface area contributed by atoms with Crippen LogP contribution in [-0.2, 0) is 6.42 Å². The Hall–Kier alpha value is -1.97. The van der Waals surface area contributed by atoms with E-state index in [1.165, 1.54) is 5.56 Å². The Morgan fingerprint density at radius 3 is 3.00 bits per heavy atom. The van der Waals surface area contributed by atoms with E-state index >= 15 is 0 Å². The molecule has 4 heteroatoms. The van der Waals surface area contributed by atoms with Gasteiger partial charge in [-0.05, 0) is 25.0 Å². The second-order valence-corrected chi connectivity index (χ2v) is 3.97. The second-order valence-electron chi connectivity index (χ2n) is 3.97. The average molecular weight is 215 g/mol. The zero-order valence-electron chi connectivity index (χ0n) is 8.83. The lowest BCUT2D eigenvalue weighted by atomic mass is 10.0. The lowest BCUT2D eigenvalue weighted by Crippen LogP contribution is -2.10. The number of anilines is 1. The summed E-state index contributed by atoms with van der Waals surface area (Å²) in [4.78, 5) is 0. The molecule has 0 unspecified atom stereocenters. The van der Waals surface area contributed by atoms with Crippen LogP contribution >= 0.6 is 0 Å². The number of aromatic amines is 1. The predicted molar refractivity (Wildman–Crippen MR) is 62.5 cm³/mol. The number of H-pyrrole nitrogens is 1. The summed E-state index contributed by atoms with van der Waals surface area (Å²) in [6.45, 7) is 0.970. The van der Waals surface area contributed by atoms with Crippen LogP contribution in [0.4, 0.5) is 5.82 Å². The number of phenolic OH excluding ortho intramolecular Hbond substituents is 1. The molecule has 0 radical (unpaired) electrons. The molecular formula is C12H13N3O. The van der Waals surface area contributed by atoms with E-state index in [-0.39, 0.29) is 0 Å². The molecule has 1 aliphatic heterocycles. The van der Waals surface area contributed by atoms with Crippen molar-refractivity contribution in [1.29, 1.82) is 0 Å². The van der Waals surface area contributed by atoms with Crippen LogP contribution in [0.15, 0.2) is 24.3 Å². The molecule has 3 N–H and O–H groups in total. The molecule has 3 rings (SSSR count). The summed E-state index contributed by atoms with van der Waals surface area (Å²) in [7, 11) is 0. The standard InChI is InChI=1S/C12H13N3O/c16-10-6-2-1-4-8(10)11-9-5-3-7-13-12(9)15-14-11/h1-2,4,6,16H,3,5,7H2,(H2,13,14,15). The molecule has 1 aliphatic rings. The quantitative estimate of drug-likeness (QED) is 0.683. The molecule has 0 amide bonds. The van der Waals surface area contributed by atoms with Gasteiger partial charge in [0.2, 0.25) is 0 Å². The van der Waals surface area contributed by atoms with Crippen molar-refractivity contribution in [2.45, 2.75) is 12.8 Å². The van der Waals surface area contributed by atoms with Gasteiger partial charge >= 0.3 is 0 Å². The molecule has 0 saturated carbocycles. The van der Waals surface area contributed by atoms with Gasteiger partial charge < -0.3 is 10.4 Å². The highest BCUT2D eigenvalue weighted by Crippen LogP contribution is 2.34. The number of phenols is 1. The fourth-order valence-electron chi connectivity index (χ4n) is 2.13. The number of aromatic nitrogens is 2. The first-order valence-corrected chi connectivity index (χ1v) is 5.46. The molecule has 4 nitrogen and oxygen atoms in total. The van der Waals surface area contributed by atoms with E-state index in [1.807, 2.05) is 18.2 Å². The number of para-hydroxylation sites is 1. The highest BCUT2D eigenvalue weighted by molar-refractivity contribution is 5.74. The van der Waals surface area contributed by atoms with Crippen molar-refractivity contribution >= 4 is 5.82 Å². The minimum Gasteiger partial charge on any atom is -0.507 e. The van der Waals surface area contributed by atoms with Crippen LogP contribution in [0.25, 0.3) is 11.3 Å². The number of fused-ring (bicyclic) bond motifs is 1. The van der Waals surface area contributed by atoms with Crippen LogP contribution in [0.1, 0.15) is 12.0 Å². The zero-order chi connectivity index (χ0) is 11.0. The molecule has 2 heterocycles. The van der Waals surface area contributed by atoms with Crippen molar-refractivity contribution in [2.75, 3.05) is 11.9 Å². The van der Waals surface area contributed by atoms with Crippen LogP contribution < -0.4 is 5.32 Å². The summed E-state index contributed by atoms with van der Waals surface area (Å²) in [6.07, 6.45) is 2.11. The Bertz CT molecular complexity index is 519. The Morgan fingerprint density at radius 1 is 1.25 bits per heavy atom. The summed E-state index contributed by atoms with van der Waals surface area (Å²) < 4.78 is 0. The second kappa shape index (κ2) is 3.56. The number of rotatable bonds is 1. The Labute approximate surface area is 93.3 Å². The lowest BCUT2D eigenvalue weighted by Gasteiger charge is -2.13. The van der Waals surface area contributed by atoms with Gasteiger partial charge in [-0.15, -0.1) is 0 Å². The summed E-state index contributed by atoms with van der Waals surface area (Å²) in [5.41, 5.74) is 2.92. The number of hydrogen-bond acceptors (Lipinski definition) is 3. The van der Waals surface area contributed by atoms with Gasteiger partial charge in [-0.1, -0.05) is 12.1 Å². The molecule has 2 aromatic rings. The minimum atomic E-state index is 0.291. The SMILES string of the molecule is Oc1ccccc1-c1[nH]nc2c1CCCN2. The molecule has 0 fully saturated rings. The number of nitrogens with zero attached hydrogens (tertiary/aromatic N) is 1. The van der Waals surface area contributed by atoms with Crippen LogP contribution in [0.2, 0.25) is 0 Å². The van der Waals surface area contributed by atoms with E-state index < -0.39 is 0 Å². The van der Waals surface area contributed by atoms with Crippen molar-refractivity contribution in [2.24, 2.45) is 0 Å². The van der Waals surface area contributed by atoms with Gasteiger partial charge in [0.15, 0.2) is 5.82 Å². The summed E-state index contributed by atoms with van der Waals surface area (Å²) in [5, 5.41) is 20.3. The lowest BCUT2D eigenvalue weighted by molar-refractivity contribution is 0.477. The van der Waals surface area contributed by atoms with Crippen molar-refractivity contribution in [3.05, 3.63) is 29.8 Å². The maximum absolute atomic E-state index is 9.82. The van der Waals surface area contributed by atoms with E-state index in [0.29, 0.717) is 5.75 Å². The van der Waals surface area contributed by atoms with E-state index in [2.05, 4.69) is 15.5 Å². The number of hydrogen-bond donors (Lipinski definition) is 3. The molecule has 1 aromatic carbocycles. The smallest absolute Gasteiger partial charge is 0.151 e. The Kier molecular flexibility index (Phi) is 2.06. The Balaban J connectivity index is 2.13. The topological polar surface area (TPSA) is 60.9 Å². The molecule has 1 aromatic heterocycles. The fraction of sp³-hybridized carbons (Fsp3) is 0.250. The maximum atomic E-state index is 9.82. The van der Waals surface area contributed by atoms with Gasteiger partial charge in [-0.3, -0.25) is 5.10 Å². The molecule has 82 valence electrons. The summed E-state index contributed by atoms with van der Waals surface area (Å²) in [5.74, 6) is 1.21. The van der Waals surface area contributed by atoms with Crippen molar-refractivity contribution < 1.29 is 5.11 Å². The highest BCUT2D eigenvalue weighted by atomic mass is 16.3. The van der Waals surface area contributed by atoms with E-state index in [1.54, 1.807) is 6.07 Å². The van der Waals surface area contributed by atoms with E-state index in [0.717, 1.165) is 36.5 Å². The molecular weight excluding hydrogens is 202 g/mol. The van der Waals surface area contributed by atoms with E-state index in [4.69, 9.17) is 0 Å². The first-order chi connectivity index (χ1) is 7.86. The normalized spacial score (nSPS) is 14.2. The van der Waals surface area contributed by atoms with E-state index in [9.17, 15) is 5.11 Å². The third-order valence-electron chi connectivity index (χ3n) is 2.94. The molecule has 0 aliphatic carbocycles. The number of benzene rings is 1. The van der Waals surface area contributed by atoms with Crippen LogP contribution in [-0.4, -0.2) is 21.8 Å². The van der Waals surface area contributed by atoms with Gasteiger partial charge in [0, 0.05) is 17.7 Å². The average Bonchev–Trinajstić information content (AvgIpc) is 2.74. The highest BCUT2D eigenvalue weighted by Gasteiger charge is 2.18. The van der Waals surface area contributed by atoms with Crippen molar-refractivity contribution in [3.63, 3.8) is 0 Å². The summed E-state index contributed by atoms with van der Waals surface area (Å²) in [6, 6.07) is 7.33. The third-order valence-corrected chi connectivity index (χ3v) is 2.94. The monoisotopic (exact) mass is 215 g/mol. The van der Waals surface area contributed by atoms with Crippen molar-refractivity contribution in [1.82, 2.24) is 10.2 Å². The van der Waals surface area contributed by atoms with Gasteiger partial charge in [-0.25, -0.2) is 0 Å².